The van der Waals surface area contributed by atoms with Crippen molar-refractivity contribution in [2.75, 3.05) is 19.8 Å². The fourth-order valence-corrected chi connectivity index (χ4v) is 4.16. The predicted octanol–water partition coefficient (Wildman–Crippen LogP) is 1.62. The van der Waals surface area contributed by atoms with E-state index in [1.165, 1.54) is 22.5 Å². The Morgan fingerprint density at radius 1 is 1.45 bits per heavy atom. The van der Waals surface area contributed by atoms with Crippen LogP contribution in [0.25, 0.3) is 0 Å². The topological polar surface area (TPSA) is 75.3 Å². The van der Waals surface area contributed by atoms with E-state index in [9.17, 15) is 12.8 Å². The number of ether oxygens (including phenoxy) is 1. The van der Waals surface area contributed by atoms with E-state index in [-0.39, 0.29) is 18.0 Å². The Morgan fingerprint density at radius 3 is 2.95 bits per heavy atom. The Kier molecular flexibility index (Phi) is 3.98. The van der Waals surface area contributed by atoms with Gasteiger partial charge in [0.2, 0.25) is 10.0 Å². The number of aromatic nitrogens is 2. The molecule has 6 nitrogen and oxygen atoms in total. The molecule has 1 aliphatic heterocycles. The minimum Gasteiger partial charge on any atom is -0.378 e. The summed E-state index contributed by atoms with van der Waals surface area (Å²) in [6.07, 6.45) is 1.64. The molecule has 2 aromatic rings. The lowest BCUT2D eigenvalue weighted by Gasteiger charge is -2.34. The van der Waals surface area contributed by atoms with Crippen molar-refractivity contribution in [3.8, 4) is 0 Å². The molecule has 1 aliphatic rings. The smallest absolute Gasteiger partial charge is 0.243 e. The molecule has 0 spiro atoms. The van der Waals surface area contributed by atoms with Crippen molar-refractivity contribution in [2.24, 2.45) is 0 Å². The Labute approximate surface area is 128 Å². The number of halogens is 1. The van der Waals surface area contributed by atoms with Gasteiger partial charge in [-0.1, -0.05) is 6.07 Å². The largest absolute Gasteiger partial charge is 0.378 e. The van der Waals surface area contributed by atoms with Crippen molar-refractivity contribution in [3.63, 3.8) is 0 Å². The van der Waals surface area contributed by atoms with Crippen LogP contribution in [0.1, 0.15) is 17.3 Å². The van der Waals surface area contributed by atoms with Gasteiger partial charge >= 0.3 is 0 Å². The number of morpholine rings is 1. The molecule has 0 radical (unpaired) electrons. The van der Waals surface area contributed by atoms with Crippen LogP contribution >= 0.6 is 0 Å². The highest BCUT2D eigenvalue weighted by atomic mass is 32.2. The van der Waals surface area contributed by atoms with E-state index in [4.69, 9.17) is 4.74 Å². The number of aromatic amines is 1. The molecule has 8 heteroatoms. The van der Waals surface area contributed by atoms with Crippen LogP contribution < -0.4 is 0 Å². The van der Waals surface area contributed by atoms with Crippen molar-refractivity contribution < 1.29 is 17.5 Å². The summed E-state index contributed by atoms with van der Waals surface area (Å²) < 4.78 is 45.8. The Hall–Kier alpha value is -1.77. The SMILES string of the molecule is Cc1cn[nH]c1[C@H]1COCCN1S(=O)(=O)c1cccc(F)c1. The van der Waals surface area contributed by atoms with E-state index >= 15 is 0 Å². The lowest BCUT2D eigenvalue weighted by Crippen LogP contribution is -2.43. The molecular formula is C14H16FN3O3S. The maximum atomic E-state index is 13.4. The zero-order valence-corrected chi connectivity index (χ0v) is 12.8. The summed E-state index contributed by atoms with van der Waals surface area (Å²) in [5, 5.41) is 6.77. The van der Waals surface area contributed by atoms with E-state index in [1.807, 2.05) is 6.92 Å². The van der Waals surface area contributed by atoms with Gasteiger partial charge in [-0.15, -0.1) is 0 Å². The first-order valence-corrected chi connectivity index (χ1v) is 8.29. The average molecular weight is 325 g/mol. The van der Waals surface area contributed by atoms with E-state index in [1.54, 1.807) is 6.20 Å². The third-order valence-corrected chi connectivity index (χ3v) is 5.59. The summed E-state index contributed by atoms with van der Waals surface area (Å²) in [5.41, 5.74) is 1.55. The lowest BCUT2D eigenvalue weighted by molar-refractivity contribution is 0.0303. The van der Waals surface area contributed by atoms with Crippen LogP contribution in [-0.4, -0.2) is 42.7 Å². The van der Waals surface area contributed by atoms with Crippen LogP contribution in [0.4, 0.5) is 4.39 Å². The summed E-state index contributed by atoms with van der Waals surface area (Å²) in [6, 6.07) is 4.53. The van der Waals surface area contributed by atoms with Crippen molar-refractivity contribution in [1.29, 1.82) is 0 Å². The van der Waals surface area contributed by atoms with Gasteiger partial charge in [-0.3, -0.25) is 5.10 Å². The number of nitrogens with zero attached hydrogens (tertiary/aromatic N) is 2. The van der Waals surface area contributed by atoms with E-state index in [2.05, 4.69) is 10.2 Å². The minimum absolute atomic E-state index is 0.0587. The second-order valence-corrected chi connectivity index (χ2v) is 7.02. The van der Waals surface area contributed by atoms with E-state index in [0.29, 0.717) is 12.3 Å². The van der Waals surface area contributed by atoms with Crippen molar-refractivity contribution in [1.82, 2.24) is 14.5 Å². The van der Waals surface area contributed by atoms with Gasteiger partial charge < -0.3 is 4.74 Å². The number of H-pyrrole nitrogens is 1. The van der Waals surface area contributed by atoms with Crippen LogP contribution in [0.2, 0.25) is 0 Å². The van der Waals surface area contributed by atoms with Crippen molar-refractivity contribution in [2.45, 2.75) is 17.9 Å². The molecule has 1 aromatic heterocycles. The molecule has 0 saturated carbocycles. The van der Waals surface area contributed by atoms with Gasteiger partial charge in [-0.25, -0.2) is 12.8 Å². The third-order valence-electron chi connectivity index (χ3n) is 3.68. The maximum absolute atomic E-state index is 13.4. The van der Waals surface area contributed by atoms with Crippen LogP contribution in [-0.2, 0) is 14.8 Å². The highest BCUT2D eigenvalue weighted by Gasteiger charge is 2.36. The van der Waals surface area contributed by atoms with E-state index in [0.717, 1.165) is 11.6 Å². The highest BCUT2D eigenvalue weighted by Crippen LogP contribution is 2.30. The molecule has 0 unspecified atom stereocenters. The number of hydrogen-bond acceptors (Lipinski definition) is 4. The Morgan fingerprint density at radius 2 is 2.27 bits per heavy atom. The Bertz CT molecular complexity index is 775. The number of rotatable bonds is 3. The van der Waals surface area contributed by atoms with Gasteiger partial charge in [0.1, 0.15) is 5.82 Å². The molecule has 1 fully saturated rings. The summed E-state index contributed by atoms with van der Waals surface area (Å²) in [5.74, 6) is -0.580. The average Bonchev–Trinajstić information content (AvgIpc) is 2.93. The molecule has 1 N–H and O–H groups in total. The number of benzene rings is 1. The normalized spacial score (nSPS) is 20.2. The lowest BCUT2D eigenvalue weighted by atomic mass is 10.1. The molecule has 1 aromatic carbocycles. The third kappa shape index (κ3) is 2.65. The highest BCUT2D eigenvalue weighted by molar-refractivity contribution is 7.89. The van der Waals surface area contributed by atoms with Gasteiger partial charge in [-0.05, 0) is 30.7 Å². The molecule has 3 rings (SSSR count). The first kappa shape index (κ1) is 15.1. The fraction of sp³-hybridized carbons (Fsp3) is 0.357. The monoisotopic (exact) mass is 325 g/mol. The molecule has 1 saturated heterocycles. The van der Waals surface area contributed by atoms with Crippen molar-refractivity contribution >= 4 is 10.0 Å². The number of nitrogens with one attached hydrogen (secondary N) is 1. The maximum Gasteiger partial charge on any atom is 0.243 e. The standard InChI is InChI=1S/C14H16FN3O3S/c1-10-8-16-17-14(10)13-9-21-6-5-18(13)22(19,20)12-4-2-3-11(15)7-12/h2-4,7-8,13H,5-6,9H2,1H3,(H,16,17)/t13-/m1/s1. The summed E-state index contributed by atoms with van der Waals surface area (Å²) in [6.45, 7) is 2.60. The number of aryl methyl sites for hydroxylation is 1. The summed E-state index contributed by atoms with van der Waals surface area (Å²) in [7, 11) is -3.81. The van der Waals surface area contributed by atoms with Gasteiger partial charge in [-0.2, -0.15) is 9.40 Å². The zero-order valence-electron chi connectivity index (χ0n) is 12.0. The summed E-state index contributed by atoms with van der Waals surface area (Å²) in [4.78, 5) is -0.0587. The van der Waals surface area contributed by atoms with E-state index < -0.39 is 21.9 Å². The van der Waals surface area contributed by atoms with Crippen LogP contribution in [0.15, 0.2) is 35.4 Å². The number of sulfonamides is 1. The predicted molar refractivity (Wildman–Crippen MR) is 77.2 cm³/mol. The van der Waals surface area contributed by atoms with Gasteiger partial charge in [0.25, 0.3) is 0 Å². The fourth-order valence-electron chi connectivity index (χ4n) is 2.56. The van der Waals surface area contributed by atoms with Crippen LogP contribution in [0.5, 0.6) is 0 Å². The molecule has 0 bridgehead atoms. The first-order chi connectivity index (χ1) is 10.5. The van der Waals surface area contributed by atoms with Crippen molar-refractivity contribution in [3.05, 3.63) is 47.5 Å². The molecule has 22 heavy (non-hydrogen) atoms. The Balaban J connectivity index is 2.02. The summed E-state index contributed by atoms with van der Waals surface area (Å²) >= 11 is 0. The second-order valence-electron chi connectivity index (χ2n) is 5.13. The molecule has 0 amide bonds. The first-order valence-electron chi connectivity index (χ1n) is 6.85. The van der Waals surface area contributed by atoms with Crippen LogP contribution in [0.3, 0.4) is 0 Å². The minimum atomic E-state index is -3.81. The van der Waals surface area contributed by atoms with Gasteiger partial charge in [0, 0.05) is 6.54 Å². The number of hydrogen-bond donors (Lipinski definition) is 1. The quantitative estimate of drug-likeness (QED) is 0.930. The molecule has 0 aliphatic carbocycles. The molecule has 2 heterocycles. The molecule has 118 valence electrons. The molecule has 1 atom stereocenters. The molecular weight excluding hydrogens is 309 g/mol. The second kappa shape index (κ2) is 5.79. The van der Waals surface area contributed by atoms with Gasteiger partial charge in [0.15, 0.2) is 0 Å². The van der Waals surface area contributed by atoms with Crippen LogP contribution in [0, 0.1) is 12.7 Å². The van der Waals surface area contributed by atoms with Gasteiger partial charge in [0.05, 0.1) is 36.0 Å². The zero-order chi connectivity index (χ0) is 15.7.